The molecule has 1 N–H and O–H groups in total. The molecule has 1 aromatic rings. The van der Waals surface area contributed by atoms with Gasteiger partial charge in [-0.15, -0.1) is 0 Å². The molecule has 0 saturated heterocycles. The molecule has 0 fully saturated rings. The number of aryl methyl sites for hydroxylation is 1. The van der Waals surface area contributed by atoms with Crippen molar-refractivity contribution in [1.82, 2.24) is 5.32 Å². The van der Waals surface area contributed by atoms with E-state index in [0.29, 0.717) is 38.0 Å². The lowest BCUT2D eigenvalue weighted by atomic mass is 10.1. The molecule has 0 heterocycles. The molecule has 1 amide bonds. The number of nitrogens with one attached hydrogen (secondary N) is 1. The molecule has 0 spiro atoms. The third kappa shape index (κ3) is 5.88. The number of hydrogen-bond acceptors (Lipinski definition) is 4. The fourth-order valence-corrected chi connectivity index (χ4v) is 4.57. The largest absolute Gasteiger partial charge is 0.502 e. The van der Waals surface area contributed by atoms with Crippen LogP contribution in [0, 0.1) is 6.92 Å². The van der Waals surface area contributed by atoms with Crippen LogP contribution in [0.3, 0.4) is 0 Å². The molecule has 5 nitrogen and oxygen atoms in total. The van der Waals surface area contributed by atoms with Crippen molar-refractivity contribution in [3.63, 3.8) is 0 Å². The first-order valence-corrected chi connectivity index (χ1v) is 9.76. The molecule has 0 aliphatic rings. The average Bonchev–Trinajstić information content (AvgIpc) is 2.48. The van der Waals surface area contributed by atoms with Crippen LogP contribution in [0.4, 0.5) is 0 Å². The summed E-state index contributed by atoms with van der Waals surface area (Å²) >= 11 is 0. The lowest BCUT2D eigenvalue weighted by molar-refractivity contribution is 0.0710. The fraction of sp³-hybridized carbons (Fsp3) is 0.562. The van der Waals surface area contributed by atoms with Crippen LogP contribution in [0.1, 0.15) is 36.7 Å². The molecular weight excluding hydrogens is 298 g/mol. The van der Waals surface area contributed by atoms with E-state index in [4.69, 9.17) is 13.3 Å². The second kappa shape index (κ2) is 9.73. The molecule has 0 atom stereocenters. The maximum atomic E-state index is 12.1. The van der Waals surface area contributed by atoms with Crippen molar-refractivity contribution in [3.8, 4) is 0 Å². The molecule has 22 heavy (non-hydrogen) atoms. The zero-order chi connectivity index (χ0) is 16.4. The molecule has 0 aliphatic carbocycles. The highest BCUT2D eigenvalue weighted by atomic mass is 28.4. The zero-order valence-corrected chi connectivity index (χ0v) is 15.0. The summed E-state index contributed by atoms with van der Waals surface area (Å²) in [6.45, 7) is 9.85. The molecule has 0 radical (unpaired) electrons. The lowest BCUT2D eigenvalue weighted by Crippen LogP contribution is -2.48. The third-order valence-electron chi connectivity index (χ3n) is 3.12. The van der Waals surface area contributed by atoms with E-state index in [9.17, 15) is 4.79 Å². The Morgan fingerprint density at radius 1 is 1.00 bits per heavy atom. The fourth-order valence-electron chi connectivity index (χ4n) is 2.14. The molecule has 6 heteroatoms. The van der Waals surface area contributed by atoms with E-state index in [1.165, 1.54) is 0 Å². The maximum absolute atomic E-state index is 12.1. The van der Waals surface area contributed by atoms with Gasteiger partial charge in [0.1, 0.15) is 0 Å². The van der Waals surface area contributed by atoms with E-state index in [0.717, 1.165) is 5.56 Å². The Bertz CT molecular complexity index is 433. The van der Waals surface area contributed by atoms with Gasteiger partial charge in [-0.1, -0.05) is 17.7 Å². The number of amides is 1. The number of rotatable bonds is 10. The first kappa shape index (κ1) is 18.8. The zero-order valence-electron chi connectivity index (χ0n) is 14.0. The van der Waals surface area contributed by atoms with Crippen LogP contribution in [0.2, 0.25) is 6.04 Å². The Kier molecular flexibility index (Phi) is 8.33. The van der Waals surface area contributed by atoms with Crippen LogP contribution < -0.4 is 5.32 Å². The second-order valence-corrected chi connectivity index (χ2v) is 7.59. The van der Waals surface area contributed by atoms with E-state index in [-0.39, 0.29) is 5.91 Å². The summed E-state index contributed by atoms with van der Waals surface area (Å²) in [4.78, 5) is 12.1. The summed E-state index contributed by atoms with van der Waals surface area (Å²) in [7, 11) is -2.69. The number of carbonyl (C=O) groups excluding carboxylic acids is 1. The summed E-state index contributed by atoms with van der Waals surface area (Å²) in [6, 6.07) is 8.06. The highest BCUT2D eigenvalue weighted by Crippen LogP contribution is 2.15. The average molecular weight is 325 g/mol. The van der Waals surface area contributed by atoms with E-state index in [1.807, 2.05) is 52.0 Å². The molecular formula is C16H27NO4Si. The molecule has 0 saturated carbocycles. The molecule has 0 aromatic heterocycles. The van der Waals surface area contributed by atoms with Crippen LogP contribution in [-0.4, -0.2) is 41.1 Å². The minimum absolute atomic E-state index is 0.0904. The summed E-state index contributed by atoms with van der Waals surface area (Å²) in [5, 5.41) is 2.90. The number of hydrogen-bond donors (Lipinski definition) is 1. The molecule has 0 aliphatic heterocycles. The highest BCUT2D eigenvalue weighted by molar-refractivity contribution is 6.60. The van der Waals surface area contributed by atoms with Crippen LogP contribution in [0.25, 0.3) is 0 Å². The number of benzene rings is 1. The summed E-state index contributed by atoms with van der Waals surface area (Å²) in [5.74, 6) is -0.0904. The van der Waals surface area contributed by atoms with Crippen LogP contribution in [-0.2, 0) is 13.3 Å². The maximum Gasteiger partial charge on any atom is 0.502 e. The molecule has 124 valence electrons. The van der Waals surface area contributed by atoms with Crippen molar-refractivity contribution in [1.29, 1.82) is 0 Å². The van der Waals surface area contributed by atoms with E-state index in [2.05, 4.69) is 5.32 Å². The Morgan fingerprint density at radius 3 is 1.95 bits per heavy atom. The van der Waals surface area contributed by atoms with E-state index >= 15 is 0 Å². The molecule has 0 unspecified atom stereocenters. The van der Waals surface area contributed by atoms with Gasteiger partial charge in [-0.05, 0) is 39.8 Å². The summed E-state index contributed by atoms with van der Waals surface area (Å²) < 4.78 is 17.3. The normalized spacial score (nSPS) is 11.5. The van der Waals surface area contributed by atoms with Gasteiger partial charge in [-0.3, -0.25) is 4.79 Å². The van der Waals surface area contributed by atoms with Crippen molar-refractivity contribution in [2.45, 2.75) is 33.7 Å². The van der Waals surface area contributed by atoms with Crippen molar-refractivity contribution in [2.75, 3.05) is 26.4 Å². The van der Waals surface area contributed by atoms with Gasteiger partial charge in [0.05, 0.1) is 0 Å². The Balaban J connectivity index is 2.57. The minimum atomic E-state index is -2.69. The Morgan fingerprint density at radius 2 is 1.50 bits per heavy atom. The predicted molar refractivity (Wildman–Crippen MR) is 89.0 cm³/mol. The first-order valence-electron chi connectivity index (χ1n) is 7.83. The van der Waals surface area contributed by atoms with Crippen LogP contribution >= 0.6 is 0 Å². The summed E-state index contributed by atoms with van der Waals surface area (Å²) in [6.07, 6.45) is 0. The standard InChI is InChI=1S/C16H27NO4Si/c1-5-19-22(20-6-2,21-7-3)13-12-17-16(18)15-10-8-14(4)9-11-15/h8-11H,5-7,12-13H2,1-4H3,(H,17,18). The monoisotopic (exact) mass is 325 g/mol. The Hall–Kier alpha value is -1.21. The molecule has 1 rings (SSSR count). The minimum Gasteiger partial charge on any atom is -0.374 e. The first-order chi connectivity index (χ1) is 10.6. The SMILES string of the molecule is CCO[Si](CCNC(=O)c1ccc(C)cc1)(OCC)OCC. The van der Waals surface area contributed by atoms with Gasteiger partial charge in [0.2, 0.25) is 0 Å². The van der Waals surface area contributed by atoms with Gasteiger partial charge in [-0.25, -0.2) is 0 Å². The van der Waals surface area contributed by atoms with Crippen molar-refractivity contribution >= 4 is 14.7 Å². The van der Waals surface area contributed by atoms with Crippen molar-refractivity contribution in [3.05, 3.63) is 35.4 Å². The van der Waals surface area contributed by atoms with E-state index < -0.39 is 8.80 Å². The van der Waals surface area contributed by atoms with Crippen molar-refractivity contribution in [2.24, 2.45) is 0 Å². The summed E-state index contributed by atoms with van der Waals surface area (Å²) in [5.41, 5.74) is 1.79. The highest BCUT2D eigenvalue weighted by Gasteiger charge is 2.39. The lowest BCUT2D eigenvalue weighted by Gasteiger charge is -2.28. The van der Waals surface area contributed by atoms with Gasteiger partial charge >= 0.3 is 8.80 Å². The third-order valence-corrected chi connectivity index (χ3v) is 6.17. The van der Waals surface area contributed by atoms with Gasteiger partial charge in [0, 0.05) is 38.0 Å². The van der Waals surface area contributed by atoms with Crippen molar-refractivity contribution < 1.29 is 18.1 Å². The predicted octanol–water partition coefficient (Wildman–Crippen LogP) is 2.77. The number of carbonyl (C=O) groups is 1. The topological polar surface area (TPSA) is 56.8 Å². The molecule has 1 aromatic carbocycles. The quantitative estimate of drug-likeness (QED) is 0.672. The van der Waals surface area contributed by atoms with E-state index in [1.54, 1.807) is 0 Å². The van der Waals surface area contributed by atoms with Gasteiger partial charge < -0.3 is 18.6 Å². The van der Waals surface area contributed by atoms with Gasteiger partial charge in [0.25, 0.3) is 5.91 Å². The van der Waals surface area contributed by atoms with Crippen LogP contribution in [0.5, 0.6) is 0 Å². The second-order valence-electron chi connectivity index (χ2n) is 4.85. The molecule has 0 bridgehead atoms. The smallest absolute Gasteiger partial charge is 0.374 e. The van der Waals surface area contributed by atoms with Crippen LogP contribution in [0.15, 0.2) is 24.3 Å². The van der Waals surface area contributed by atoms with Gasteiger partial charge in [-0.2, -0.15) is 0 Å². The Labute approximate surface area is 134 Å². The van der Waals surface area contributed by atoms with Gasteiger partial charge in [0.15, 0.2) is 0 Å².